The second-order valence-electron chi connectivity index (χ2n) is 6.42. The highest BCUT2D eigenvalue weighted by Crippen LogP contribution is 2.34. The fourth-order valence-electron chi connectivity index (χ4n) is 2.43. The highest BCUT2D eigenvalue weighted by atomic mass is 16.6. The Morgan fingerprint density at radius 1 is 1.58 bits per heavy atom. The largest absolute Gasteiger partial charge is 0.444 e. The minimum absolute atomic E-state index is 0.00134. The van der Waals surface area contributed by atoms with Gasteiger partial charge in [-0.3, -0.25) is 4.90 Å². The third kappa shape index (κ3) is 3.30. The zero-order valence-corrected chi connectivity index (χ0v) is 12.4. The van der Waals surface area contributed by atoms with Crippen LogP contribution in [0, 0.1) is 5.92 Å². The van der Waals surface area contributed by atoms with E-state index in [0.717, 1.165) is 24.4 Å². The number of aromatic nitrogens is 2. The Bertz CT molecular complexity index is 467. The molecular weight excluding hydrogens is 241 g/mol. The topological polar surface area (TPSA) is 58.2 Å². The molecule has 2 atom stereocenters. The van der Waals surface area contributed by atoms with Crippen molar-refractivity contribution in [1.82, 2.24) is 14.9 Å². The van der Waals surface area contributed by atoms with Crippen LogP contribution in [0.25, 0.3) is 0 Å². The second-order valence-corrected chi connectivity index (χ2v) is 6.42. The van der Waals surface area contributed by atoms with Crippen LogP contribution in [-0.2, 0) is 4.74 Å². The number of ether oxygens (including phenoxy) is 1. The van der Waals surface area contributed by atoms with E-state index >= 15 is 0 Å². The van der Waals surface area contributed by atoms with Gasteiger partial charge in [-0.15, -0.1) is 0 Å². The van der Waals surface area contributed by atoms with Gasteiger partial charge in [0.2, 0.25) is 0 Å². The molecule has 0 spiro atoms. The summed E-state index contributed by atoms with van der Waals surface area (Å²) in [6, 6.07) is -0.00134. The summed E-state index contributed by atoms with van der Waals surface area (Å²) in [6.07, 6.45) is 2.54. The summed E-state index contributed by atoms with van der Waals surface area (Å²) in [5, 5.41) is 0. The number of hydrogen-bond donors (Lipinski definition) is 1. The SMILES string of the molecule is Bc1c[nH]c([C@@H]2C[C@H](C)CN2C(=O)OC(C)(C)C)n1. The molecule has 1 aliphatic heterocycles. The molecule has 104 valence electrons. The molecule has 1 amide bonds. The quantitative estimate of drug-likeness (QED) is 0.768. The first-order valence-corrected chi connectivity index (χ1v) is 6.78. The van der Waals surface area contributed by atoms with Gasteiger partial charge in [0.15, 0.2) is 7.85 Å². The molecule has 0 radical (unpaired) electrons. The molecular formula is C13H22BN3O2. The molecule has 1 fully saturated rings. The van der Waals surface area contributed by atoms with Gasteiger partial charge in [0.1, 0.15) is 11.4 Å². The molecule has 0 aromatic carbocycles. The average Bonchev–Trinajstić information content (AvgIpc) is 2.81. The lowest BCUT2D eigenvalue weighted by Crippen LogP contribution is -2.37. The van der Waals surface area contributed by atoms with Crippen LogP contribution in [0.2, 0.25) is 0 Å². The second kappa shape index (κ2) is 4.91. The molecule has 0 saturated carbocycles. The highest BCUT2D eigenvalue weighted by molar-refractivity contribution is 6.30. The van der Waals surface area contributed by atoms with Gasteiger partial charge in [0.05, 0.1) is 6.04 Å². The van der Waals surface area contributed by atoms with Crippen LogP contribution < -0.4 is 5.59 Å². The third-order valence-corrected chi connectivity index (χ3v) is 3.18. The Morgan fingerprint density at radius 2 is 2.26 bits per heavy atom. The number of amides is 1. The van der Waals surface area contributed by atoms with Crippen LogP contribution >= 0.6 is 0 Å². The van der Waals surface area contributed by atoms with Crippen molar-refractivity contribution in [2.24, 2.45) is 5.92 Å². The van der Waals surface area contributed by atoms with Gasteiger partial charge in [0.25, 0.3) is 0 Å². The van der Waals surface area contributed by atoms with Crippen molar-refractivity contribution >= 4 is 19.5 Å². The first-order valence-electron chi connectivity index (χ1n) is 6.78. The van der Waals surface area contributed by atoms with Crippen LogP contribution in [0.1, 0.15) is 46.0 Å². The summed E-state index contributed by atoms with van der Waals surface area (Å²) in [6.45, 7) is 8.52. The van der Waals surface area contributed by atoms with Gasteiger partial charge in [-0.05, 0) is 33.1 Å². The molecule has 2 rings (SSSR count). The smallest absolute Gasteiger partial charge is 0.410 e. The number of likely N-dealkylation sites (tertiary alicyclic amines) is 1. The van der Waals surface area contributed by atoms with Crippen LogP contribution in [-0.4, -0.2) is 41.0 Å². The van der Waals surface area contributed by atoms with Crippen LogP contribution in [0.4, 0.5) is 4.79 Å². The molecule has 1 aromatic rings. The van der Waals surface area contributed by atoms with Gasteiger partial charge < -0.3 is 9.72 Å². The van der Waals surface area contributed by atoms with Gasteiger partial charge in [-0.1, -0.05) is 6.92 Å². The number of nitrogens with one attached hydrogen (secondary N) is 1. The zero-order chi connectivity index (χ0) is 14.2. The Balaban J connectivity index is 2.16. The number of rotatable bonds is 1. The molecule has 0 bridgehead atoms. The zero-order valence-electron chi connectivity index (χ0n) is 12.4. The molecule has 0 unspecified atom stereocenters. The molecule has 0 aliphatic carbocycles. The maximum absolute atomic E-state index is 12.3. The minimum atomic E-state index is -0.466. The molecule has 1 saturated heterocycles. The maximum Gasteiger partial charge on any atom is 0.410 e. The third-order valence-electron chi connectivity index (χ3n) is 3.18. The van der Waals surface area contributed by atoms with Crippen LogP contribution in [0.3, 0.4) is 0 Å². The highest BCUT2D eigenvalue weighted by Gasteiger charge is 2.37. The van der Waals surface area contributed by atoms with Crippen molar-refractivity contribution in [3.63, 3.8) is 0 Å². The fraction of sp³-hybridized carbons (Fsp3) is 0.692. The van der Waals surface area contributed by atoms with E-state index in [1.165, 1.54) is 0 Å². The van der Waals surface area contributed by atoms with Gasteiger partial charge in [0, 0.05) is 18.3 Å². The van der Waals surface area contributed by atoms with E-state index in [1.54, 1.807) is 4.90 Å². The van der Waals surface area contributed by atoms with E-state index in [9.17, 15) is 4.79 Å². The van der Waals surface area contributed by atoms with Crippen molar-refractivity contribution in [2.75, 3.05) is 6.54 Å². The van der Waals surface area contributed by atoms with Gasteiger partial charge in [-0.2, -0.15) is 0 Å². The van der Waals surface area contributed by atoms with E-state index in [2.05, 4.69) is 16.9 Å². The molecule has 1 aliphatic rings. The summed E-state index contributed by atoms with van der Waals surface area (Å²) in [5.41, 5.74) is 0.478. The number of carbonyl (C=O) groups is 1. The summed E-state index contributed by atoms with van der Waals surface area (Å²) in [4.78, 5) is 21.7. The number of nitrogens with zero attached hydrogens (tertiary/aromatic N) is 2. The van der Waals surface area contributed by atoms with Crippen LogP contribution in [0.5, 0.6) is 0 Å². The molecule has 1 N–H and O–H groups in total. The van der Waals surface area contributed by atoms with Crippen molar-refractivity contribution < 1.29 is 9.53 Å². The molecule has 6 heteroatoms. The van der Waals surface area contributed by atoms with Crippen molar-refractivity contribution in [1.29, 1.82) is 0 Å². The Morgan fingerprint density at radius 3 is 2.79 bits per heavy atom. The summed E-state index contributed by atoms with van der Waals surface area (Å²) < 4.78 is 5.47. The van der Waals surface area contributed by atoms with Crippen molar-refractivity contribution in [2.45, 2.75) is 45.8 Å². The Kier molecular flexibility index (Phi) is 3.61. The number of aromatic amines is 1. The predicted octanol–water partition coefficient (Wildman–Crippen LogP) is 0.986. The lowest BCUT2D eigenvalue weighted by Gasteiger charge is -2.27. The normalized spacial score (nSPS) is 23.7. The first-order chi connectivity index (χ1) is 8.76. The Hall–Kier alpha value is -1.46. The number of hydrogen-bond acceptors (Lipinski definition) is 3. The van der Waals surface area contributed by atoms with E-state index in [4.69, 9.17) is 4.74 Å². The predicted molar refractivity (Wildman–Crippen MR) is 76.2 cm³/mol. The number of H-pyrrole nitrogens is 1. The molecule has 5 nitrogen and oxygen atoms in total. The van der Waals surface area contributed by atoms with E-state index in [0.29, 0.717) is 5.92 Å². The fourth-order valence-corrected chi connectivity index (χ4v) is 2.43. The van der Waals surface area contributed by atoms with E-state index in [-0.39, 0.29) is 12.1 Å². The Labute approximate surface area is 115 Å². The first kappa shape index (κ1) is 14.0. The molecule has 1 aromatic heterocycles. The standard InChI is InChI=1S/C13H22BN3O2/c1-8-5-9(11-15-6-10(14)16-11)17(7-8)12(18)19-13(2,3)4/h6,8-9H,5,7,14H2,1-4H3,(H,15,16)/t8-,9-/m0/s1. The molecule has 19 heavy (non-hydrogen) atoms. The number of imidazole rings is 1. The average molecular weight is 263 g/mol. The van der Waals surface area contributed by atoms with Crippen LogP contribution in [0.15, 0.2) is 6.20 Å². The lowest BCUT2D eigenvalue weighted by molar-refractivity contribution is 0.0214. The number of carbonyl (C=O) groups excluding carboxylic acids is 1. The maximum atomic E-state index is 12.3. The summed E-state index contributed by atoms with van der Waals surface area (Å²) >= 11 is 0. The lowest BCUT2D eigenvalue weighted by atomic mass is 10.1. The summed E-state index contributed by atoms with van der Waals surface area (Å²) in [7, 11) is 1.94. The van der Waals surface area contributed by atoms with E-state index < -0.39 is 5.60 Å². The van der Waals surface area contributed by atoms with Gasteiger partial charge >= 0.3 is 6.09 Å². The summed E-state index contributed by atoms with van der Waals surface area (Å²) in [5.74, 6) is 1.32. The monoisotopic (exact) mass is 263 g/mol. The van der Waals surface area contributed by atoms with Crippen molar-refractivity contribution in [3.05, 3.63) is 12.0 Å². The molecule has 2 heterocycles. The minimum Gasteiger partial charge on any atom is -0.444 e. The van der Waals surface area contributed by atoms with Gasteiger partial charge in [-0.25, -0.2) is 9.78 Å². The van der Waals surface area contributed by atoms with Crippen molar-refractivity contribution in [3.8, 4) is 0 Å². The van der Waals surface area contributed by atoms with E-state index in [1.807, 2.05) is 34.8 Å².